The molecule has 18 heavy (non-hydrogen) atoms. The van der Waals surface area contributed by atoms with Gasteiger partial charge in [0.1, 0.15) is 0 Å². The number of hydrogen-bond acceptors (Lipinski definition) is 3. The summed E-state index contributed by atoms with van der Waals surface area (Å²) in [5, 5.41) is 3.13. The highest BCUT2D eigenvalue weighted by Crippen LogP contribution is 2.16. The first-order valence-corrected chi connectivity index (χ1v) is 8.32. The van der Waals surface area contributed by atoms with Gasteiger partial charge in [-0.2, -0.15) is 0 Å². The third-order valence-corrected chi connectivity index (χ3v) is 4.82. The fraction of sp³-hybridized carbons (Fsp3) is 0.500. The lowest BCUT2D eigenvalue weighted by molar-refractivity contribution is 0.578. The van der Waals surface area contributed by atoms with Crippen molar-refractivity contribution in [2.75, 3.05) is 18.8 Å². The largest absolute Gasteiger partial charge is 0.312 e. The molecule has 0 bridgehead atoms. The van der Waals surface area contributed by atoms with Crippen LogP contribution in [0.15, 0.2) is 22.7 Å². The third-order valence-electron chi connectivity index (χ3n) is 2.46. The molecule has 0 aromatic heterocycles. The summed E-state index contributed by atoms with van der Waals surface area (Å²) in [6.45, 7) is 5.37. The number of halogens is 1. The van der Waals surface area contributed by atoms with Crippen molar-refractivity contribution in [1.29, 1.82) is 0 Å². The van der Waals surface area contributed by atoms with Gasteiger partial charge in [-0.15, -0.1) is 0 Å². The topological polar surface area (TPSA) is 58.2 Å². The Labute approximate surface area is 117 Å². The van der Waals surface area contributed by atoms with E-state index in [4.69, 9.17) is 0 Å². The van der Waals surface area contributed by atoms with Crippen LogP contribution in [0.4, 0.5) is 0 Å². The molecule has 4 nitrogen and oxygen atoms in total. The summed E-state index contributed by atoms with van der Waals surface area (Å²) in [4.78, 5) is 0. The Hall–Kier alpha value is -0.430. The Kier molecular flexibility index (Phi) is 6.28. The normalized spacial score (nSPS) is 11.7. The van der Waals surface area contributed by atoms with E-state index >= 15 is 0 Å². The Morgan fingerprint density at radius 1 is 1.33 bits per heavy atom. The van der Waals surface area contributed by atoms with Crippen LogP contribution in [0, 0.1) is 6.92 Å². The highest BCUT2D eigenvalue weighted by molar-refractivity contribution is 9.10. The van der Waals surface area contributed by atoms with Crippen molar-refractivity contribution >= 4 is 26.0 Å². The van der Waals surface area contributed by atoms with Crippen LogP contribution in [0.1, 0.15) is 18.1 Å². The summed E-state index contributed by atoms with van der Waals surface area (Å²) in [5.74, 6) is 0.107. The van der Waals surface area contributed by atoms with Gasteiger partial charge in [-0.3, -0.25) is 0 Å². The molecular weight excluding hydrogens is 316 g/mol. The Morgan fingerprint density at radius 2 is 2.06 bits per heavy atom. The predicted molar refractivity (Wildman–Crippen MR) is 78.0 cm³/mol. The van der Waals surface area contributed by atoms with Gasteiger partial charge in [0.25, 0.3) is 0 Å². The zero-order valence-corrected chi connectivity index (χ0v) is 13.1. The van der Waals surface area contributed by atoms with Crippen LogP contribution in [-0.4, -0.2) is 27.3 Å². The SMILES string of the molecule is CCNS(=O)(=O)CCNCc1ccc(Br)c(C)c1. The zero-order chi connectivity index (χ0) is 13.6. The van der Waals surface area contributed by atoms with Gasteiger partial charge in [0.2, 0.25) is 10.0 Å². The van der Waals surface area contributed by atoms with Crippen molar-refractivity contribution in [2.24, 2.45) is 0 Å². The molecule has 6 heteroatoms. The van der Waals surface area contributed by atoms with Crippen LogP contribution in [0.5, 0.6) is 0 Å². The second kappa shape index (κ2) is 7.23. The number of benzene rings is 1. The Bertz CT molecular complexity index is 489. The van der Waals surface area contributed by atoms with Gasteiger partial charge >= 0.3 is 0 Å². The summed E-state index contributed by atoms with van der Waals surface area (Å²) in [5.41, 5.74) is 2.33. The molecule has 0 aliphatic heterocycles. The average molecular weight is 335 g/mol. The summed E-state index contributed by atoms with van der Waals surface area (Å²) >= 11 is 3.45. The lowest BCUT2D eigenvalue weighted by Gasteiger charge is -2.07. The van der Waals surface area contributed by atoms with Crippen molar-refractivity contribution in [3.63, 3.8) is 0 Å². The van der Waals surface area contributed by atoms with E-state index in [9.17, 15) is 8.42 Å². The first kappa shape index (κ1) is 15.6. The maximum atomic E-state index is 11.4. The molecular formula is C12H19BrN2O2S. The molecule has 0 saturated heterocycles. The molecule has 1 rings (SSSR count). The predicted octanol–water partition coefficient (Wildman–Crippen LogP) is 1.79. The molecule has 0 unspecified atom stereocenters. The lowest BCUT2D eigenvalue weighted by Crippen LogP contribution is -2.31. The second-order valence-corrected chi connectivity index (χ2v) is 6.86. The molecule has 0 saturated carbocycles. The van der Waals surface area contributed by atoms with Gasteiger partial charge in [-0.05, 0) is 24.1 Å². The van der Waals surface area contributed by atoms with Gasteiger partial charge in [0.05, 0.1) is 5.75 Å². The van der Waals surface area contributed by atoms with E-state index in [1.165, 1.54) is 5.56 Å². The van der Waals surface area contributed by atoms with E-state index in [0.29, 0.717) is 19.6 Å². The van der Waals surface area contributed by atoms with Gasteiger partial charge in [-0.1, -0.05) is 35.0 Å². The second-order valence-electron chi connectivity index (χ2n) is 4.08. The van der Waals surface area contributed by atoms with Crippen molar-refractivity contribution < 1.29 is 8.42 Å². The van der Waals surface area contributed by atoms with Crippen molar-refractivity contribution in [3.05, 3.63) is 33.8 Å². The minimum Gasteiger partial charge on any atom is -0.312 e. The number of hydrogen-bond donors (Lipinski definition) is 2. The van der Waals surface area contributed by atoms with E-state index < -0.39 is 10.0 Å². The van der Waals surface area contributed by atoms with E-state index in [0.717, 1.165) is 10.0 Å². The molecule has 0 aliphatic rings. The molecule has 0 amide bonds. The van der Waals surface area contributed by atoms with Crippen molar-refractivity contribution in [1.82, 2.24) is 10.0 Å². The Morgan fingerprint density at radius 3 is 2.67 bits per heavy atom. The number of nitrogens with one attached hydrogen (secondary N) is 2. The maximum absolute atomic E-state index is 11.4. The zero-order valence-electron chi connectivity index (χ0n) is 10.7. The molecule has 1 aromatic carbocycles. The first-order chi connectivity index (χ1) is 8.44. The van der Waals surface area contributed by atoms with E-state index in [2.05, 4.69) is 32.0 Å². The van der Waals surface area contributed by atoms with Crippen molar-refractivity contribution in [3.8, 4) is 0 Å². The third kappa shape index (κ3) is 5.48. The Balaban J connectivity index is 2.36. The van der Waals surface area contributed by atoms with Crippen LogP contribution < -0.4 is 10.0 Å². The maximum Gasteiger partial charge on any atom is 0.212 e. The number of aryl methyl sites for hydroxylation is 1. The van der Waals surface area contributed by atoms with E-state index in [1.54, 1.807) is 6.92 Å². The fourth-order valence-electron chi connectivity index (χ4n) is 1.55. The van der Waals surface area contributed by atoms with Crippen LogP contribution in [0.25, 0.3) is 0 Å². The molecule has 0 fully saturated rings. The van der Waals surface area contributed by atoms with Crippen molar-refractivity contribution in [2.45, 2.75) is 20.4 Å². The number of sulfonamides is 1. The van der Waals surface area contributed by atoms with Crippen LogP contribution in [0.2, 0.25) is 0 Å². The van der Waals surface area contributed by atoms with Crippen LogP contribution >= 0.6 is 15.9 Å². The van der Waals surface area contributed by atoms with Crippen LogP contribution in [0.3, 0.4) is 0 Å². The molecule has 0 spiro atoms. The molecule has 2 N–H and O–H groups in total. The highest BCUT2D eigenvalue weighted by atomic mass is 79.9. The summed E-state index contributed by atoms with van der Waals surface area (Å²) in [6, 6.07) is 6.10. The summed E-state index contributed by atoms with van der Waals surface area (Å²) in [7, 11) is -3.12. The molecule has 1 aromatic rings. The summed E-state index contributed by atoms with van der Waals surface area (Å²) in [6.07, 6.45) is 0. The van der Waals surface area contributed by atoms with Gasteiger partial charge in [-0.25, -0.2) is 13.1 Å². The molecule has 0 radical (unpaired) electrons. The molecule has 0 heterocycles. The van der Waals surface area contributed by atoms with Gasteiger partial charge in [0, 0.05) is 24.1 Å². The van der Waals surface area contributed by atoms with Gasteiger partial charge < -0.3 is 5.32 Å². The number of rotatable bonds is 7. The van der Waals surface area contributed by atoms with E-state index in [1.807, 2.05) is 19.1 Å². The average Bonchev–Trinajstić information content (AvgIpc) is 2.29. The van der Waals surface area contributed by atoms with Gasteiger partial charge in [0.15, 0.2) is 0 Å². The quantitative estimate of drug-likeness (QED) is 0.747. The lowest BCUT2D eigenvalue weighted by atomic mass is 10.1. The smallest absolute Gasteiger partial charge is 0.212 e. The summed E-state index contributed by atoms with van der Waals surface area (Å²) < 4.78 is 26.3. The standard InChI is InChI=1S/C12H19BrN2O2S/c1-3-15-18(16,17)7-6-14-9-11-4-5-12(13)10(2)8-11/h4-5,8,14-15H,3,6-7,9H2,1-2H3. The van der Waals surface area contributed by atoms with E-state index in [-0.39, 0.29) is 5.75 Å². The molecule has 0 atom stereocenters. The monoisotopic (exact) mass is 334 g/mol. The minimum atomic E-state index is -3.12. The first-order valence-electron chi connectivity index (χ1n) is 5.87. The molecule has 102 valence electrons. The fourth-order valence-corrected chi connectivity index (χ4v) is 2.79. The van der Waals surface area contributed by atoms with Crippen LogP contribution in [-0.2, 0) is 16.6 Å². The molecule has 0 aliphatic carbocycles. The highest BCUT2D eigenvalue weighted by Gasteiger charge is 2.07. The minimum absolute atomic E-state index is 0.107.